The maximum absolute atomic E-state index is 13.2. The molecule has 5 aromatic carbocycles. The lowest BCUT2D eigenvalue weighted by atomic mass is 9.97. The number of halogens is 29. The lowest BCUT2D eigenvalue weighted by molar-refractivity contribution is -0.144. The molecule has 1 unspecified atom stereocenters. The second-order valence-corrected chi connectivity index (χ2v) is 31.9. The minimum Gasteiger partial charge on any atom is -0.368 e. The zero-order chi connectivity index (χ0) is 91.3. The van der Waals surface area contributed by atoms with E-state index in [1.54, 1.807) is 0 Å². The highest BCUT2D eigenvalue weighted by Crippen LogP contribution is 2.54. The quantitative estimate of drug-likeness (QED) is 0.0420. The molecule has 7 atom stereocenters. The summed E-state index contributed by atoms with van der Waals surface area (Å²) in [5.41, 5.74) is -8.06. The molecule has 5 aromatic rings. The van der Waals surface area contributed by atoms with Crippen molar-refractivity contribution in [1.29, 1.82) is 0 Å². The first-order valence-corrected chi connectivity index (χ1v) is 37.8. The van der Waals surface area contributed by atoms with Gasteiger partial charge in [0.2, 0.25) is 29.5 Å². The standard InChI is InChI=1S/2C17H18F6N2O.2C16H16F6N2O.C12H13F5N2O/c2*1-9-4-13(24-8-9)14(26)25-15(2-3-15)10-5-11(16(18,19)20)7-12(6-10)17(21,22)23;2*17-15(18,19)10-6-9(7-11(8-10)16(20,21)22)14(3-4-14)24-13(25)12-2-1-5-23-12;1-11(13,14)7-2-6(4-9(18)10(19)20)3-8(5-7)12(15,16)17/h2*5-7,9,13,24H,2-4,8H2,1H3,(H,25,26);2*6-8,12,23H,1-5H2,(H,24,25);2-3,5,9H,4,18H2,1H3,(H2,19,20)/t9-,13+;9-,13-;2*12-;/m0110./s1. The predicted octanol–water partition coefficient (Wildman–Crippen LogP) is 17.0. The van der Waals surface area contributed by atoms with Gasteiger partial charge in [-0.25, -0.2) is 8.78 Å². The van der Waals surface area contributed by atoms with Crippen LogP contribution in [0.25, 0.3) is 0 Å². The summed E-state index contributed by atoms with van der Waals surface area (Å²) >= 11 is 0. The van der Waals surface area contributed by atoms with Crippen molar-refractivity contribution in [2.24, 2.45) is 23.3 Å². The lowest BCUT2D eigenvalue weighted by Crippen LogP contribution is -2.45. The number of benzene rings is 5. The largest absolute Gasteiger partial charge is 0.416 e. The van der Waals surface area contributed by atoms with Gasteiger partial charge < -0.3 is 54.0 Å². The van der Waals surface area contributed by atoms with Crippen LogP contribution in [0, 0.1) is 11.8 Å². The minimum absolute atomic E-state index is 0.0971. The van der Waals surface area contributed by atoms with Gasteiger partial charge in [-0.1, -0.05) is 13.8 Å². The van der Waals surface area contributed by atoms with Gasteiger partial charge in [0, 0.05) is 12.5 Å². The first-order chi connectivity index (χ1) is 55.7. The summed E-state index contributed by atoms with van der Waals surface area (Å²) in [6.45, 7) is 7.00. The third-order valence-electron chi connectivity index (χ3n) is 21.7. The van der Waals surface area contributed by atoms with E-state index in [2.05, 4.69) is 42.5 Å². The molecular formula is C78H81F29N10O5. The van der Waals surface area contributed by atoms with Crippen molar-refractivity contribution in [2.45, 2.75) is 231 Å². The Morgan fingerprint density at radius 1 is 0.344 bits per heavy atom. The van der Waals surface area contributed by atoms with Crippen LogP contribution in [-0.4, -0.2) is 85.9 Å². The number of amides is 5. The molecule has 5 amide bonds. The average Bonchev–Trinajstić information content (AvgIpc) is 1.60. The molecule has 4 aliphatic heterocycles. The van der Waals surface area contributed by atoms with Crippen LogP contribution < -0.4 is 54.0 Å². The third-order valence-corrected chi connectivity index (χ3v) is 21.7. The van der Waals surface area contributed by atoms with Crippen LogP contribution in [0.1, 0.15) is 194 Å². The number of primary amides is 1. The molecular weight excluding hydrogens is 1710 g/mol. The Morgan fingerprint density at radius 3 is 0.738 bits per heavy atom. The van der Waals surface area contributed by atoms with E-state index in [9.17, 15) is 151 Å². The van der Waals surface area contributed by atoms with E-state index in [0.29, 0.717) is 171 Å². The molecule has 4 heterocycles. The summed E-state index contributed by atoms with van der Waals surface area (Å²) in [6, 6.07) is 4.84. The smallest absolute Gasteiger partial charge is 0.368 e. The molecule has 4 aliphatic carbocycles. The summed E-state index contributed by atoms with van der Waals surface area (Å²) in [5.74, 6) is -5.35. The van der Waals surface area contributed by atoms with E-state index >= 15 is 0 Å². The van der Waals surface area contributed by atoms with E-state index in [0.717, 1.165) is 18.9 Å². The molecule has 0 aromatic heterocycles. The molecule has 44 heteroatoms. The number of hydrogen-bond acceptors (Lipinski definition) is 10. The van der Waals surface area contributed by atoms with Gasteiger partial charge in [-0.2, -0.15) is 119 Å². The van der Waals surface area contributed by atoms with E-state index < -0.39 is 187 Å². The third kappa shape index (κ3) is 25.3. The number of rotatable bonds is 16. The fraction of sp³-hybridized carbons (Fsp3) is 0.551. The molecule has 0 bridgehead atoms. The minimum atomic E-state index is -4.90. The van der Waals surface area contributed by atoms with Gasteiger partial charge in [-0.15, -0.1) is 0 Å². The van der Waals surface area contributed by atoms with Crippen LogP contribution in [0.3, 0.4) is 0 Å². The van der Waals surface area contributed by atoms with E-state index in [1.165, 1.54) is 0 Å². The Hall–Kier alpha value is -8.78. The van der Waals surface area contributed by atoms with Gasteiger partial charge >= 0.3 is 55.6 Å². The molecule has 676 valence electrons. The normalized spacial score (nSPS) is 22.4. The molecule has 122 heavy (non-hydrogen) atoms. The Bertz CT molecular complexity index is 4190. The number of carbonyl (C=O) groups excluding carboxylic acids is 5. The van der Waals surface area contributed by atoms with Gasteiger partial charge in [0.25, 0.3) is 5.92 Å². The van der Waals surface area contributed by atoms with Crippen molar-refractivity contribution in [3.8, 4) is 0 Å². The summed E-state index contributed by atoms with van der Waals surface area (Å²) < 4.78 is 377. The zero-order valence-corrected chi connectivity index (χ0v) is 64.3. The van der Waals surface area contributed by atoms with Crippen molar-refractivity contribution >= 4 is 29.5 Å². The number of carbonyl (C=O) groups is 5. The van der Waals surface area contributed by atoms with Crippen molar-refractivity contribution in [3.63, 3.8) is 0 Å². The van der Waals surface area contributed by atoms with Gasteiger partial charge in [-0.05, 0) is 253 Å². The summed E-state index contributed by atoms with van der Waals surface area (Å²) in [7, 11) is 0. The second kappa shape index (κ2) is 35.3. The first kappa shape index (κ1) is 97.0. The van der Waals surface area contributed by atoms with E-state index in [-0.39, 0.29) is 82.2 Å². The summed E-state index contributed by atoms with van der Waals surface area (Å²) in [4.78, 5) is 60.0. The van der Waals surface area contributed by atoms with Gasteiger partial charge in [0.15, 0.2) is 0 Å². The maximum atomic E-state index is 13.2. The van der Waals surface area contributed by atoms with Crippen LogP contribution in [0.2, 0.25) is 0 Å². The predicted molar refractivity (Wildman–Crippen MR) is 377 cm³/mol. The Labute approximate surface area is 676 Å². The molecule has 13 rings (SSSR count). The number of nitrogens with one attached hydrogen (secondary N) is 8. The van der Waals surface area contributed by atoms with Crippen molar-refractivity contribution in [1.82, 2.24) is 42.5 Å². The zero-order valence-electron chi connectivity index (χ0n) is 64.3. The van der Waals surface area contributed by atoms with Crippen LogP contribution in [0.4, 0.5) is 127 Å². The molecule has 8 aliphatic rings. The van der Waals surface area contributed by atoms with Crippen LogP contribution >= 0.6 is 0 Å². The number of alkyl halides is 29. The fourth-order valence-corrected chi connectivity index (χ4v) is 14.3. The van der Waals surface area contributed by atoms with E-state index in [1.807, 2.05) is 13.8 Å². The van der Waals surface area contributed by atoms with Crippen molar-refractivity contribution in [3.05, 3.63) is 174 Å². The maximum Gasteiger partial charge on any atom is 0.416 e. The SMILES string of the molecule is CC(F)(F)c1cc(CC(N)C(N)=O)cc(C(F)(F)F)c1.C[C@@H]1CN[C@@H](C(=O)NC2(c3cc(C(F)(F)F)cc(C(F)(F)F)c3)CC2)C1.C[C@H]1CN[C@@H](C(=O)NC2(c3cc(C(F)(F)F)cc(C(F)(F)F)c3)CC2)C1.O=C(NC1(c2cc(C(F)(F)F)cc(C(F)(F)F)c2)CC1)[C@@H]1CCCN1.O=C(NC1(c2cc(C(F)(F)F)cc(C(F)(F)F)c2)CC1)[C@H]1CCCN1. The Balaban J connectivity index is 0.000000174. The van der Waals surface area contributed by atoms with Crippen LogP contribution in [-0.2, 0) is 114 Å². The average molecular weight is 1790 g/mol. The molecule has 0 radical (unpaired) electrons. The van der Waals surface area contributed by atoms with Gasteiger partial charge in [0.05, 0.1) is 102 Å². The summed E-state index contributed by atoms with van der Waals surface area (Å²) in [6.07, 6.45) is -37.9. The monoisotopic (exact) mass is 1790 g/mol. The van der Waals surface area contributed by atoms with Crippen LogP contribution in [0.5, 0.6) is 0 Å². The highest BCUT2D eigenvalue weighted by atomic mass is 19.4. The molecule has 8 fully saturated rings. The van der Waals surface area contributed by atoms with Gasteiger partial charge in [-0.3, -0.25) is 24.0 Å². The molecule has 15 nitrogen and oxygen atoms in total. The highest BCUT2D eigenvalue weighted by molar-refractivity contribution is 5.85. The Morgan fingerprint density at radius 2 is 0.557 bits per heavy atom. The summed E-state index contributed by atoms with van der Waals surface area (Å²) in [5, 5.41) is 22.6. The van der Waals surface area contributed by atoms with Crippen molar-refractivity contribution < 1.29 is 151 Å². The topological polar surface area (TPSA) is 234 Å². The fourth-order valence-electron chi connectivity index (χ4n) is 14.3. The molecule has 0 spiro atoms. The molecule has 12 N–H and O–H groups in total. The molecule has 4 saturated carbocycles. The number of nitrogens with two attached hydrogens (primary N) is 2. The highest BCUT2D eigenvalue weighted by Gasteiger charge is 2.55. The van der Waals surface area contributed by atoms with Crippen molar-refractivity contribution in [2.75, 3.05) is 26.2 Å². The number of hydrogen-bond donors (Lipinski definition) is 10. The van der Waals surface area contributed by atoms with Gasteiger partial charge in [0.1, 0.15) is 0 Å². The first-order valence-electron chi connectivity index (χ1n) is 37.8. The second-order valence-electron chi connectivity index (χ2n) is 31.9. The molecule has 4 saturated heterocycles. The Kier molecular flexibility index (Phi) is 28.1. The van der Waals surface area contributed by atoms with Crippen LogP contribution in [0.15, 0.2) is 91.0 Å². The lowest BCUT2D eigenvalue weighted by Gasteiger charge is -2.23. The van der Waals surface area contributed by atoms with E-state index in [4.69, 9.17) is 11.5 Å².